The maximum absolute atomic E-state index is 9.56. The minimum atomic E-state index is -0.611. The van der Waals surface area contributed by atoms with Crippen LogP contribution in [0.5, 0.6) is 0 Å². The van der Waals surface area contributed by atoms with Gasteiger partial charge in [0.15, 0.2) is 0 Å². The van der Waals surface area contributed by atoms with Gasteiger partial charge in [0, 0.05) is 37.2 Å². The maximum Gasteiger partial charge on any atom is 0.0946 e. The van der Waals surface area contributed by atoms with Crippen LogP contribution in [0.2, 0.25) is 0 Å². The van der Waals surface area contributed by atoms with Crippen LogP contribution in [0, 0.1) is 0 Å². The monoisotopic (exact) mass is 332 g/mol. The molecule has 40 valence electrons. The van der Waals surface area contributed by atoms with E-state index in [0.29, 0.717) is 0 Å². The second-order valence-corrected chi connectivity index (χ2v) is 2.22. The molecule has 0 aliphatic heterocycles. The lowest BCUT2D eigenvalue weighted by Crippen LogP contribution is -1.86. The Morgan fingerprint density at radius 2 is 1.33 bits per heavy atom. The summed E-state index contributed by atoms with van der Waals surface area (Å²) in [7, 11) is 0. The number of halogens is 2. The molecule has 0 saturated heterocycles. The van der Waals surface area contributed by atoms with Crippen LogP contribution in [0.3, 0.4) is 0 Å². The normalized spacial score (nSPS) is 7.00. The molecule has 4 heteroatoms. The van der Waals surface area contributed by atoms with Crippen LogP contribution in [0.1, 0.15) is 0 Å². The molecule has 0 aromatic heterocycles. The first-order valence-electron chi connectivity index (χ1n) is 1.13. The first kappa shape index (κ1) is 10.7. The highest BCUT2D eigenvalue weighted by Gasteiger charge is 1.66. The Morgan fingerprint density at radius 1 is 1.33 bits per heavy atom. The number of hydrogen-bond donors (Lipinski definition) is 0. The van der Waals surface area contributed by atoms with Gasteiger partial charge in [-0.2, -0.15) is 0 Å². The Balaban J connectivity index is 0. The van der Waals surface area contributed by atoms with Crippen molar-refractivity contribution in [3.63, 3.8) is 0 Å². The van der Waals surface area contributed by atoms with Crippen molar-refractivity contribution in [2.75, 3.05) is 12.5 Å². The quantitative estimate of drug-likeness (QED) is 0.490. The topological polar surface area (TPSA) is 23.1 Å². The van der Waals surface area contributed by atoms with Gasteiger partial charge in [0.05, 0.1) is 12.5 Å². The van der Waals surface area contributed by atoms with Crippen molar-refractivity contribution < 1.29 is 4.55 Å². The van der Waals surface area contributed by atoms with Crippen molar-refractivity contribution in [2.24, 2.45) is 0 Å². The van der Waals surface area contributed by atoms with Gasteiger partial charge in [-0.15, -0.1) is 0 Å². The molecule has 0 fully saturated rings. The first-order valence-corrected chi connectivity index (χ1v) is 9.38. The van der Waals surface area contributed by atoms with E-state index in [2.05, 4.69) is 37.2 Å². The summed E-state index contributed by atoms with van der Waals surface area (Å²) in [6.07, 6.45) is 3.28. The van der Waals surface area contributed by atoms with E-state index in [1.165, 1.54) is 0 Å². The molecule has 6 heavy (non-hydrogen) atoms. The summed E-state index contributed by atoms with van der Waals surface area (Å²) in [5.41, 5.74) is 0. The fourth-order valence-corrected chi connectivity index (χ4v) is 0. The largest absolute Gasteiger partial charge is 0.617 e. The van der Waals surface area contributed by atoms with E-state index in [0.717, 1.165) is 0 Å². The molecule has 0 heterocycles. The molecule has 0 rings (SSSR count). The number of rotatable bonds is 0. The Labute approximate surface area is 64.8 Å². The third kappa shape index (κ3) is 41.9. The third-order valence-electron chi connectivity index (χ3n) is 0. The predicted octanol–water partition coefficient (Wildman–Crippen LogP) is 1.77. The van der Waals surface area contributed by atoms with Crippen LogP contribution in [0.15, 0.2) is 0 Å². The average Bonchev–Trinajstić information content (AvgIpc) is 1.41. The molecule has 0 amide bonds. The van der Waals surface area contributed by atoms with Gasteiger partial charge in [0.2, 0.25) is 0 Å². The van der Waals surface area contributed by atoms with Crippen LogP contribution in [-0.4, -0.2) is 17.1 Å². The van der Waals surface area contributed by atoms with E-state index in [1.54, 1.807) is 12.5 Å². The minimum absolute atomic E-state index is 0.611. The minimum Gasteiger partial charge on any atom is -0.617 e. The predicted molar refractivity (Wildman–Crippen MR) is 48.0 cm³/mol. The van der Waals surface area contributed by atoms with Crippen LogP contribution < -0.4 is 0 Å². The molecule has 0 aliphatic carbocycles. The molecule has 0 aromatic rings. The summed E-state index contributed by atoms with van der Waals surface area (Å²) in [5, 5.41) is 0. The Kier molecular flexibility index (Phi) is 17.7. The van der Waals surface area contributed by atoms with Crippen LogP contribution in [0.25, 0.3) is 0 Å². The van der Waals surface area contributed by atoms with Crippen molar-refractivity contribution in [2.45, 2.75) is 0 Å². The van der Waals surface area contributed by atoms with E-state index in [-0.39, 0.29) is 0 Å². The number of hydrogen-bond acceptors (Lipinski definition) is 1. The van der Waals surface area contributed by atoms with Gasteiger partial charge in [0.25, 0.3) is 0 Å². The van der Waals surface area contributed by atoms with Crippen LogP contribution in [0.4, 0.5) is 0 Å². The molecule has 0 radical (unpaired) electrons. The summed E-state index contributed by atoms with van der Waals surface area (Å²) >= 11 is 3.63. The first-order chi connectivity index (χ1) is 2.73. The van der Waals surface area contributed by atoms with Crippen LogP contribution >= 0.6 is 37.2 Å². The van der Waals surface area contributed by atoms with E-state index >= 15 is 0 Å². The molecule has 1 nitrogen and oxygen atoms in total. The van der Waals surface area contributed by atoms with Gasteiger partial charge in [-0.1, -0.05) is 11.2 Å². The summed E-state index contributed by atoms with van der Waals surface area (Å²) < 4.78 is 9.56. The summed E-state index contributed by atoms with van der Waals surface area (Å²) in [6, 6.07) is 0. The lowest BCUT2D eigenvalue weighted by Gasteiger charge is -1.87. The van der Waals surface area contributed by atoms with Gasteiger partial charge in [-0.3, -0.25) is 0 Å². The van der Waals surface area contributed by atoms with Crippen molar-refractivity contribution >= 4 is 48.4 Å². The third-order valence-corrected chi connectivity index (χ3v) is 0. The highest BCUT2D eigenvalue weighted by Crippen LogP contribution is 1.89. The molecule has 0 unspecified atom stereocenters. The lowest BCUT2D eigenvalue weighted by atomic mass is 11.9. The Hall–Kier alpha value is 1.77. The van der Waals surface area contributed by atoms with E-state index in [4.69, 9.17) is 0 Å². The van der Waals surface area contributed by atoms with Crippen molar-refractivity contribution in [3.05, 3.63) is 0 Å². The van der Waals surface area contributed by atoms with Crippen molar-refractivity contribution in [1.82, 2.24) is 0 Å². The molecule has 0 N–H and O–H groups in total. The van der Waals surface area contributed by atoms with Crippen molar-refractivity contribution in [3.8, 4) is 0 Å². The summed E-state index contributed by atoms with van der Waals surface area (Å²) in [4.78, 5) is 0. The van der Waals surface area contributed by atoms with Gasteiger partial charge >= 0.3 is 0 Å². The Morgan fingerprint density at radius 3 is 1.33 bits per heavy atom. The summed E-state index contributed by atoms with van der Waals surface area (Å²) in [6.45, 7) is 0. The lowest BCUT2D eigenvalue weighted by molar-refractivity contribution is 0.606. The smallest absolute Gasteiger partial charge is 0.0946 e. The molecule has 0 saturated carbocycles. The van der Waals surface area contributed by atoms with Gasteiger partial charge in [0.1, 0.15) is 0 Å². The van der Waals surface area contributed by atoms with Crippen molar-refractivity contribution in [1.29, 1.82) is 0 Å². The molecule has 0 spiro atoms. The van der Waals surface area contributed by atoms with Gasteiger partial charge < -0.3 is 4.55 Å². The highest BCUT2D eigenvalue weighted by molar-refractivity contribution is 15.0. The van der Waals surface area contributed by atoms with Crippen LogP contribution in [-0.2, 0) is 11.2 Å². The standard InChI is InChI=1S/C2H6OS.I2/c1-4(2)3;1-2/h1-2H3;. The van der Waals surface area contributed by atoms with E-state index in [1.807, 2.05) is 0 Å². The van der Waals surface area contributed by atoms with E-state index < -0.39 is 11.2 Å². The Bertz CT molecular complexity index is 16.3. The molecule has 0 atom stereocenters. The zero-order valence-electron chi connectivity index (χ0n) is 3.57. The second-order valence-electron chi connectivity index (χ2n) is 0.742. The second kappa shape index (κ2) is 9.91. The fraction of sp³-hybridized carbons (Fsp3) is 1.00. The maximum atomic E-state index is 9.56. The molecule has 0 bridgehead atoms. The fourth-order valence-electron chi connectivity index (χ4n) is 0. The highest BCUT2D eigenvalue weighted by atomic mass is 128. The zero-order valence-corrected chi connectivity index (χ0v) is 8.70. The summed E-state index contributed by atoms with van der Waals surface area (Å²) in [5.74, 6) is 0. The SMILES string of the molecule is C[S+](C)[O-].II. The zero-order chi connectivity index (χ0) is 5.58. The van der Waals surface area contributed by atoms with Gasteiger partial charge in [-0.05, 0) is 0 Å². The van der Waals surface area contributed by atoms with E-state index in [9.17, 15) is 4.55 Å². The molecule has 0 aliphatic rings. The molecular weight excluding hydrogens is 326 g/mol. The van der Waals surface area contributed by atoms with Gasteiger partial charge in [-0.25, -0.2) is 0 Å². The molecular formula is C2H6I2OS. The average molecular weight is 332 g/mol. The molecule has 0 aromatic carbocycles.